The number of primary amides is 1. The van der Waals surface area contributed by atoms with Crippen LogP contribution in [0.3, 0.4) is 0 Å². The highest BCUT2D eigenvalue weighted by molar-refractivity contribution is 5.84. The molecule has 19 heavy (non-hydrogen) atoms. The topological polar surface area (TPSA) is 49.6 Å². The number of amides is 1. The number of piperazine rings is 1. The molecule has 1 aliphatic heterocycles. The molecule has 4 heteroatoms. The van der Waals surface area contributed by atoms with Crippen LogP contribution in [0.4, 0.5) is 0 Å². The summed E-state index contributed by atoms with van der Waals surface area (Å²) in [6.45, 7) is 9.83. The SMILES string of the molecule is CC(C)CN1CCN(C2(C(N)=O)CCCCC2)CC1. The van der Waals surface area contributed by atoms with E-state index in [0.717, 1.165) is 58.4 Å². The Morgan fingerprint density at radius 3 is 2.16 bits per heavy atom. The van der Waals surface area contributed by atoms with Crippen molar-refractivity contribution in [2.24, 2.45) is 11.7 Å². The first-order chi connectivity index (χ1) is 9.04. The second-order valence-corrected chi connectivity index (χ2v) is 6.64. The average Bonchev–Trinajstić information content (AvgIpc) is 2.39. The van der Waals surface area contributed by atoms with Gasteiger partial charge in [0.2, 0.25) is 5.91 Å². The third kappa shape index (κ3) is 3.29. The predicted octanol–water partition coefficient (Wildman–Crippen LogP) is 1.45. The van der Waals surface area contributed by atoms with Gasteiger partial charge in [0.1, 0.15) is 5.54 Å². The fraction of sp³-hybridized carbons (Fsp3) is 0.933. The molecular formula is C15H29N3O. The fourth-order valence-corrected chi connectivity index (χ4v) is 3.73. The van der Waals surface area contributed by atoms with Crippen molar-refractivity contribution < 1.29 is 4.79 Å². The lowest BCUT2D eigenvalue weighted by Gasteiger charge is -2.48. The number of hydrogen-bond acceptors (Lipinski definition) is 3. The van der Waals surface area contributed by atoms with Crippen LogP contribution < -0.4 is 5.73 Å². The van der Waals surface area contributed by atoms with Crippen LogP contribution in [0.1, 0.15) is 46.0 Å². The summed E-state index contributed by atoms with van der Waals surface area (Å²) in [6, 6.07) is 0. The van der Waals surface area contributed by atoms with E-state index in [1.54, 1.807) is 0 Å². The Bertz CT molecular complexity index is 303. The van der Waals surface area contributed by atoms with Gasteiger partial charge in [0.15, 0.2) is 0 Å². The van der Waals surface area contributed by atoms with E-state index in [1.807, 2.05) is 0 Å². The third-order valence-electron chi connectivity index (χ3n) is 4.74. The molecule has 1 saturated heterocycles. The van der Waals surface area contributed by atoms with Gasteiger partial charge in [0.05, 0.1) is 0 Å². The molecule has 2 fully saturated rings. The van der Waals surface area contributed by atoms with E-state index in [-0.39, 0.29) is 11.4 Å². The molecule has 2 rings (SSSR count). The molecule has 0 spiro atoms. The lowest BCUT2D eigenvalue weighted by atomic mass is 9.79. The van der Waals surface area contributed by atoms with Crippen LogP contribution >= 0.6 is 0 Å². The zero-order valence-corrected chi connectivity index (χ0v) is 12.5. The molecular weight excluding hydrogens is 238 g/mol. The van der Waals surface area contributed by atoms with Gasteiger partial charge >= 0.3 is 0 Å². The molecule has 0 unspecified atom stereocenters. The number of carbonyl (C=O) groups is 1. The summed E-state index contributed by atoms with van der Waals surface area (Å²) in [4.78, 5) is 16.9. The molecule has 1 saturated carbocycles. The van der Waals surface area contributed by atoms with Crippen molar-refractivity contribution in [3.05, 3.63) is 0 Å². The first kappa shape index (κ1) is 14.8. The van der Waals surface area contributed by atoms with Crippen LogP contribution in [0, 0.1) is 5.92 Å². The molecule has 4 nitrogen and oxygen atoms in total. The van der Waals surface area contributed by atoms with Crippen molar-refractivity contribution in [2.75, 3.05) is 32.7 Å². The van der Waals surface area contributed by atoms with Crippen molar-refractivity contribution in [3.8, 4) is 0 Å². The molecule has 1 amide bonds. The number of rotatable bonds is 4. The first-order valence-electron chi connectivity index (χ1n) is 7.82. The van der Waals surface area contributed by atoms with Crippen LogP contribution in [0.2, 0.25) is 0 Å². The number of hydrogen-bond donors (Lipinski definition) is 1. The normalized spacial score (nSPS) is 25.6. The summed E-state index contributed by atoms with van der Waals surface area (Å²) in [7, 11) is 0. The lowest BCUT2D eigenvalue weighted by Crippen LogP contribution is -2.63. The summed E-state index contributed by atoms with van der Waals surface area (Å²) in [5, 5.41) is 0. The summed E-state index contributed by atoms with van der Waals surface area (Å²) >= 11 is 0. The lowest BCUT2D eigenvalue weighted by molar-refractivity contribution is -0.134. The van der Waals surface area contributed by atoms with Gasteiger partial charge in [-0.15, -0.1) is 0 Å². The average molecular weight is 267 g/mol. The Labute approximate surface area is 117 Å². The second kappa shape index (κ2) is 6.23. The monoisotopic (exact) mass is 267 g/mol. The van der Waals surface area contributed by atoms with Gasteiger partial charge in [-0.05, 0) is 18.8 Å². The van der Waals surface area contributed by atoms with Gasteiger partial charge in [0, 0.05) is 32.7 Å². The molecule has 0 aromatic rings. The Kier molecular flexibility index (Phi) is 4.85. The van der Waals surface area contributed by atoms with Gasteiger partial charge in [-0.3, -0.25) is 9.69 Å². The Hall–Kier alpha value is -0.610. The van der Waals surface area contributed by atoms with E-state index in [2.05, 4.69) is 23.6 Å². The molecule has 2 N–H and O–H groups in total. The first-order valence-corrected chi connectivity index (χ1v) is 7.82. The molecule has 0 bridgehead atoms. The van der Waals surface area contributed by atoms with Crippen LogP contribution in [-0.4, -0.2) is 54.0 Å². The van der Waals surface area contributed by atoms with E-state index < -0.39 is 0 Å². The minimum absolute atomic E-state index is 0.0930. The molecule has 0 radical (unpaired) electrons. The van der Waals surface area contributed by atoms with Gasteiger partial charge in [-0.1, -0.05) is 33.1 Å². The summed E-state index contributed by atoms with van der Waals surface area (Å²) in [6.07, 6.45) is 5.48. The highest BCUT2D eigenvalue weighted by Gasteiger charge is 2.44. The third-order valence-corrected chi connectivity index (χ3v) is 4.74. The Morgan fingerprint density at radius 1 is 1.11 bits per heavy atom. The van der Waals surface area contributed by atoms with Crippen molar-refractivity contribution in [2.45, 2.75) is 51.5 Å². The Balaban J connectivity index is 1.96. The van der Waals surface area contributed by atoms with E-state index >= 15 is 0 Å². The highest BCUT2D eigenvalue weighted by Crippen LogP contribution is 2.34. The van der Waals surface area contributed by atoms with Gasteiger partial charge in [0.25, 0.3) is 0 Å². The van der Waals surface area contributed by atoms with Crippen molar-refractivity contribution in [1.82, 2.24) is 9.80 Å². The van der Waals surface area contributed by atoms with Crippen molar-refractivity contribution >= 4 is 5.91 Å². The molecule has 0 aromatic carbocycles. The van der Waals surface area contributed by atoms with E-state index in [9.17, 15) is 4.79 Å². The van der Waals surface area contributed by atoms with E-state index in [4.69, 9.17) is 5.73 Å². The van der Waals surface area contributed by atoms with Gasteiger partial charge in [-0.2, -0.15) is 0 Å². The summed E-state index contributed by atoms with van der Waals surface area (Å²) in [5.41, 5.74) is 5.42. The van der Waals surface area contributed by atoms with Crippen molar-refractivity contribution in [1.29, 1.82) is 0 Å². The quantitative estimate of drug-likeness (QED) is 0.838. The number of nitrogens with zero attached hydrogens (tertiary/aromatic N) is 2. The largest absolute Gasteiger partial charge is 0.368 e. The zero-order chi connectivity index (χ0) is 13.9. The zero-order valence-electron chi connectivity index (χ0n) is 12.5. The van der Waals surface area contributed by atoms with Crippen molar-refractivity contribution in [3.63, 3.8) is 0 Å². The van der Waals surface area contributed by atoms with Crippen LogP contribution in [0.5, 0.6) is 0 Å². The number of nitrogens with two attached hydrogens (primary N) is 1. The molecule has 110 valence electrons. The minimum atomic E-state index is -0.331. The molecule has 2 aliphatic rings. The molecule has 1 heterocycles. The van der Waals surface area contributed by atoms with E-state index in [0.29, 0.717) is 5.92 Å². The summed E-state index contributed by atoms with van der Waals surface area (Å²) < 4.78 is 0. The minimum Gasteiger partial charge on any atom is -0.368 e. The molecule has 0 atom stereocenters. The van der Waals surface area contributed by atoms with Crippen LogP contribution in [0.15, 0.2) is 0 Å². The standard InChI is InChI=1S/C15H29N3O/c1-13(2)12-17-8-10-18(11-9-17)15(14(16)19)6-4-3-5-7-15/h13H,3-12H2,1-2H3,(H2,16,19). The smallest absolute Gasteiger partial charge is 0.237 e. The second-order valence-electron chi connectivity index (χ2n) is 6.64. The van der Waals surface area contributed by atoms with Crippen LogP contribution in [0.25, 0.3) is 0 Å². The van der Waals surface area contributed by atoms with Gasteiger partial charge < -0.3 is 10.6 Å². The molecule has 0 aromatic heterocycles. The fourth-order valence-electron chi connectivity index (χ4n) is 3.73. The predicted molar refractivity (Wildman–Crippen MR) is 77.9 cm³/mol. The maximum absolute atomic E-state index is 12.0. The van der Waals surface area contributed by atoms with Crippen LogP contribution in [-0.2, 0) is 4.79 Å². The Morgan fingerprint density at radius 2 is 1.68 bits per heavy atom. The summed E-state index contributed by atoms with van der Waals surface area (Å²) in [5.74, 6) is 0.621. The number of carbonyl (C=O) groups excluding carboxylic acids is 1. The van der Waals surface area contributed by atoms with E-state index in [1.165, 1.54) is 6.42 Å². The molecule has 1 aliphatic carbocycles. The maximum Gasteiger partial charge on any atom is 0.237 e. The van der Waals surface area contributed by atoms with Gasteiger partial charge in [-0.25, -0.2) is 0 Å². The highest BCUT2D eigenvalue weighted by atomic mass is 16.1. The maximum atomic E-state index is 12.0.